The first kappa shape index (κ1) is 14.7. The zero-order chi connectivity index (χ0) is 14.4. The van der Waals surface area contributed by atoms with Crippen LogP contribution in [0.4, 0.5) is 0 Å². The fourth-order valence-electron chi connectivity index (χ4n) is 2.29. The van der Waals surface area contributed by atoms with E-state index in [4.69, 9.17) is 5.73 Å². The van der Waals surface area contributed by atoms with Gasteiger partial charge in [-0.2, -0.15) is 0 Å². The van der Waals surface area contributed by atoms with Gasteiger partial charge in [-0.25, -0.2) is 0 Å². The van der Waals surface area contributed by atoms with Gasteiger partial charge in [-0.05, 0) is 28.8 Å². The molecule has 1 heterocycles. The van der Waals surface area contributed by atoms with Crippen LogP contribution in [-0.2, 0) is 18.5 Å². The third-order valence-electron chi connectivity index (χ3n) is 3.58. The number of benzene rings is 1. The molecule has 3 N–H and O–H groups in total. The first-order chi connectivity index (χ1) is 9.62. The average molecular weight is 269 g/mol. The van der Waals surface area contributed by atoms with Gasteiger partial charge in [-0.15, -0.1) is 0 Å². The summed E-state index contributed by atoms with van der Waals surface area (Å²) in [5.74, 6) is 0. The minimum atomic E-state index is 0.0917. The third-order valence-corrected chi connectivity index (χ3v) is 3.58. The maximum absolute atomic E-state index is 5.67. The first-order valence-corrected chi connectivity index (χ1v) is 7.01. The summed E-state index contributed by atoms with van der Waals surface area (Å²) in [6.07, 6.45) is 3.70. The summed E-state index contributed by atoms with van der Waals surface area (Å²) in [6, 6.07) is 12.6. The highest BCUT2D eigenvalue weighted by Gasteiger charge is 2.19. The van der Waals surface area contributed by atoms with E-state index in [1.165, 1.54) is 16.7 Å². The lowest BCUT2D eigenvalue weighted by Crippen LogP contribution is -2.32. The van der Waals surface area contributed by atoms with Crippen molar-refractivity contribution in [2.75, 3.05) is 6.54 Å². The molecule has 2 aromatic rings. The van der Waals surface area contributed by atoms with Crippen molar-refractivity contribution < 1.29 is 0 Å². The lowest BCUT2D eigenvalue weighted by Gasteiger charge is -2.25. The second-order valence-corrected chi connectivity index (χ2v) is 5.75. The summed E-state index contributed by atoms with van der Waals surface area (Å²) in [7, 11) is 0. The number of nitrogens with two attached hydrogens (primary N) is 1. The lowest BCUT2D eigenvalue weighted by molar-refractivity contribution is 0.468. The van der Waals surface area contributed by atoms with E-state index in [-0.39, 0.29) is 5.41 Å². The van der Waals surface area contributed by atoms with Crippen molar-refractivity contribution in [1.29, 1.82) is 0 Å². The van der Waals surface area contributed by atoms with Gasteiger partial charge in [0.15, 0.2) is 0 Å². The Bertz CT molecular complexity index is 535. The Morgan fingerprint density at radius 1 is 1.10 bits per heavy atom. The predicted octanol–water partition coefficient (Wildman–Crippen LogP) is 2.61. The Labute approximate surface area is 121 Å². The Balaban J connectivity index is 1.92. The molecule has 2 rings (SSSR count). The highest BCUT2D eigenvalue weighted by molar-refractivity contribution is 5.24. The van der Waals surface area contributed by atoms with E-state index >= 15 is 0 Å². The average Bonchev–Trinajstić information content (AvgIpc) is 2.48. The number of nitrogens with zero attached hydrogens (tertiary/aromatic N) is 1. The van der Waals surface area contributed by atoms with Gasteiger partial charge in [0.2, 0.25) is 0 Å². The van der Waals surface area contributed by atoms with Crippen LogP contribution in [0.1, 0.15) is 30.5 Å². The summed E-state index contributed by atoms with van der Waals surface area (Å²) in [6.45, 7) is 6.86. The zero-order valence-corrected chi connectivity index (χ0v) is 12.3. The van der Waals surface area contributed by atoms with Crippen LogP contribution in [-0.4, -0.2) is 11.5 Å². The molecule has 0 unspecified atom stereocenters. The summed E-state index contributed by atoms with van der Waals surface area (Å²) in [5.41, 5.74) is 9.51. The van der Waals surface area contributed by atoms with Crippen LogP contribution >= 0.6 is 0 Å². The molecule has 0 aliphatic carbocycles. The lowest BCUT2D eigenvalue weighted by atomic mass is 9.85. The number of aromatic nitrogens is 1. The fourth-order valence-corrected chi connectivity index (χ4v) is 2.29. The van der Waals surface area contributed by atoms with Crippen LogP contribution in [0.2, 0.25) is 0 Å². The number of pyridine rings is 1. The molecule has 1 aromatic carbocycles. The number of hydrogen-bond acceptors (Lipinski definition) is 3. The second-order valence-electron chi connectivity index (χ2n) is 5.75. The molecular formula is C17H23N3. The maximum Gasteiger partial charge on any atom is 0.0270 e. The Morgan fingerprint density at radius 2 is 1.80 bits per heavy atom. The predicted molar refractivity (Wildman–Crippen MR) is 83.3 cm³/mol. The van der Waals surface area contributed by atoms with Crippen molar-refractivity contribution in [2.45, 2.75) is 32.4 Å². The van der Waals surface area contributed by atoms with E-state index in [1.807, 2.05) is 12.4 Å². The van der Waals surface area contributed by atoms with Crippen LogP contribution in [0, 0.1) is 0 Å². The van der Waals surface area contributed by atoms with Crippen molar-refractivity contribution in [1.82, 2.24) is 10.3 Å². The summed E-state index contributed by atoms with van der Waals surface area (Å²) < 4.78 is 0. The fraction of sp³-hybridized carbons (Fsp3) is 0.353. The summed E-state index contributed by atoms with van der Waals surface area (Å²) in [5, 5.41) is 3.53. The maximum atomic E-state index is 5.67. The molecule has 106 valence electrons. The molecular weight excluding hydrogens is 246 g/mol. The van der Waals surface area contributed by atoms with E-state index in [1.54, 1.807) is 0 Å². The highest BCUT2D eigenvalue weighted by Crippen LogP contribution is 2.21. The van der Waals surface area contributed by atoms with E-state index in [0.717, 1.165) is 13.1 Å². The first-order valence-electron chi connectivity index (χ1n) is 7.01. The molecule has 3 heteroatoms. The molecule has 0 spiro atoms. The van der Waals surface area contributed by atoms with E-state index in [0.29, 0.717) is 6.54 Å². The molecule has 3 nitrogen and oxygen atoms in total. The van der Waals surface area contributed by atoms with E-state index in [9.17, 15) is 0 Å². The molecule has 1 aromatic heterocycles. The topological polar surface area (TPSA) is 50.9 Å². The summed E-state index contributed by atoms with van der Waals surface area (Å²) >= 11 is 0. The molecule has 0 saturated carbocycles. The van der Waals surface area contributed by atoms with Gasteiger partial charge in [0, 0.05) is 37.4 Å². The molecule has 0 radical (unpaired) electrons. The van der Waals surface area contributed by atoms with Crippen molar-refractivity contribution in [3.63, 3.8) is 0 Å². The molecule has 0 atom stereocenters. The van der Waals surface area contributed by atoms with Crippen LogP contribution in [0.3, 0.4) is 0 Å². The monoisotopic (exact) mass is 269 g/mol. The standard InChI is InChI=1S/C17H23N3/c1-17(2,16-6-8-19-9-7-16)13-20-12-15-5-3-4-14(10-15)11-18/h3-10,20H,11-13,18H2,1-2H3. The minimum absolute atomic E-state index is 0.0917. The van der Waals surface area contributed by atoms with E-state index < -0.39 is 0 Å². The zero-order valence-electron chi connectivity index (χ0n) is 12.3. The molecule has 0 saturated heterocycles. The molecule has 0 bridgehead atoms. The molecule has 0 fully saturated rings. The van der Waals surface area contributed by atoms with Crippen LogP contribution < -0.4 is 11.1 Å². The van der Waals surface area contributed by atoms with Gasteiger partial charge in [0.25, 0.3) is 0 Å². The van der Waals surface area contributed by atoms with Crippen molar-refractivity contribution in [2.24, 2.45) is 5.73 Å². The molecule has 0 amide bonds. The van der Waals surface area contributed by atoms with Gasteiger partial charge in [-0.3, -0.25) is 4.98 Å². The van der Waals surface area contributed by atoms with Crippen LogP contribution in [0.15, 0.2) is 48.8 Å². The number of rotatable bonds is 6. The molecule has 0 aliphatic rings. The largest absolute Gasteiger partial charge is 0.326 e. The van der Waals surface area contributed by atoms with Gasteiger partial charge < -0.3 is 11.1 Å². The van der Waals surface area contributed by atoms with Gasteiger partial charge in [0.1, 0.15) is 0 Å². The van der Waals surface area contributed by atoms with Gasteiger partial charge >= 0.3 is 0 Å². The Kier molecular flexibility index (Phi) is 4.88. The van der Waals surface area contributed by atoms with Crippen molar-refractivity contribution in [3.05, 3.63) is 65.5 Å². The third kappa shape index (κ3) is 3.89. The van der Waals surface area contributed by atoms with Crippen molar-refractivity contribution in [3.8, 4) is 0 Å². The Hall–Kier alpha value is -1.71. The van der Waals surface area contributed by atoms with Crippen LogP contribution in [0.25, 0.3) is 0 Å². The summed E-state index contributed by atoms with van der Waals surface area (Å²) in [4.78, 5) is 4.07. The molecule has 0 aliphatic heterocycles. The quantitative estimate of drug-likeness (QED) is 0.847. The molecule has 20 heavy (non-hydrogen) atoms. The normalized spacial score (nSPS) is 11.6. The Morgan fingerprint density at radius 3 is 2.50 bits per heavy atom. The SMILES string of the molecule is CC(C)(CNCc1cccc(CN)c1)c1ccncc1. The smallest absolute Gasteiger partial charge is 0.0270 e. The van der Waals surface area contributed by atoms with Gasteiger partial charge in [-0.1, -0.05) is 38.1 Å². The number of nitrogens with one attached hydrogen (secondary N) is 1. The van der Waals surface area contributed by atoms with E-state index in [2.05, 4.69) is 60.5 Å². The number of hydrogen-bond donors (Lipinski definition) is 2. The van der Waals surface area contributed by atoms with Crippen molar-refractivity contribution >= 4 is 0 Å². The van der Waals surface area contributed by atoms with Gasteiger partial charge in [0.05, 0.1) is 0 Å². The minimum Gasteiger partial charge on any atom is -0.326 e. The van der Waals surface area contributed by atoms with Crippen LogP contribution in [0.5, 0.6) is 0 Å². The highest BCUT2D eigenvalue weighted by atomic mass is 14.9. The second kappa shape index (κ2) is 6.64.